The van der Waals surface area contributed by atoms with Crippen molar-refractivity contribution in [2.24, 2.45) is 18.8 Å². The van der Waals surface area contributed by atoms with E-state index in [2.05, 4.69) is 23.6 Å². The van der Waals surface area contributed by atoms with Gasteiger partial charge in [-0.1, -0.05) is 19.3 Å². The number of nitrogens with two attached hydrogens (primary N) is 1. The molecule has 2 atom stereocenters. The lowest BCUT2D eigenvalue weighted by atomic mass is 9.81. The molecule has 2 unspecified atom stereocenters. The van der Waals surface area contributed by atoms with Crippen molar-refractivity contribution in [3.05, 3.63) is 18.0 Å². The zero-order chi connectivity index (χ0) is 15.1. The van der Waals surface area contributed by atoms with E-state index in [1.54, 1.807) is 0 Å². The fraction of sp³-hybridized carbons (Fsp3) is 0.812. The Labute approximate surface area is 128 Å². The van der Waals surface area contributed by atoms with Crippen molar-refractivity contribution in [1.82, 2.24) is 15.2 Å². The molecule has 0 spiro atoms. The summed E-state index contributed by atoms with van der Waals surface area (Å²) in [6.07, 6.45) is 12.8. The van der Waals surface area contributed by atoms with Crippen LogP contribution in [0.3, 0.4) is 0 Å². The highest BCUT2D eigenvalue weighted by molar-refractivity contribution is 5.04. The number of hydrogen-bond acceptors (Lipinski definition) is 4. The number of aryl methyl sites for hydroxylation is 2. The van der Waals surface area contributed by atoms with Gasteiger partial charge in [0.2, 0.25) is 0 Å². The van der Waals surface area contributed by atoms with Crippen LogP contribution in [-0.2, 0) is 18.2 Å². The van der Waals surface area contributed by atoms with Crippen LogP contribution >= 0.6 is 0 Å². The molecule has 120 valence electrons. The highest BCUT2D eigenvalue weighted by Gasteiger charge is 2.30. The molecule has 3 N–H and O–H groups in total. The molecule has 1 heterocycles. The summed E-state index contributed by atoms with van der Waals surface area (Å²) in [4.78, 5) is 0. The number of nitrogens with one attached hydrogen (secondary N) is 1. The first-order valence-electron chi connectivity index (χ1n) is 8.29. The number of nitrogens with zero attached hydrogens (tertiary/aromatic N) is 2. The second-order valence-corrected chi connectivity index (χ2v) is 6.15. The quantitative estimate of drug-likeness (QED) is 0.570. The van der Waals surface area contributed by atoms with Gasteiger partial charge in [0.15, 0.2) is 0 Å². The molecule has 0 saturated heterocycles. The third-order valence-electron chi connectivity index (χ3n) is 4.59. The van der Waals surface area contributed by atoms with E-state index >= 15 is 0 Å². The summed E-state index contributed by atoms with van der Waals surface area (Å²) in [6, 6.07) is 0.216. The summed E-state index contributed by atoms with van der Waals surface area (Å²) in [6.45, 7) is 2.83. The average Bonchev–Trinajstić information content (AvgIpc) is 2.93. The Hall–Kier alpha value is -0.910. The van der Waals surface area contributed by atoms with E-state index in [1.807, 2.05) is 17.9 Å². The molecule has 2 rings (SSSR count). The highest BCUT2D eigenvalue weighted by atomic mass is 16.5. The molecule has 1 saturated carbocycles. The summed E-state index contributed by atoms with van der Waals surface area (Å²) in [5.74, 6) is 6.48. The summed E-state index contributed by atoms with van der Waals surface area (Å²) in [5, 5.41) is 4.23. The Bertz CT molecular complexity index is 401. The monoisotopic (exact) mass is 294 g/mol. The SMILES string of the molecule is CCOC(C1CCCCC1)C(CCc1cnn(C)c1)NN. The number of hydrazine groups is 1. The van der Waals surface area contributed by atoms with Crippen LogP contribution < -0.4 is 11.3 Å². The van der Waals surface area contributed by atoms with Gasteiger partial charge in [-0.15, -0.1) is 0 Å². The number of hydrogen-bond donors (Lipinski definition) is 2. The lowest BCUT2D eigenvalue weighted by molar-refractivity contribution is -0.0193. The summed E-state index contributed by atoms with van der Waals surface area (Å²) in [7, 11) is 1.95. The van der Waals surface area contributed by atoms with Crippen molar-refractivity contribution in [3.63, 3.8) is 0 Å². The van der Waals surface area contributed by atoms with E-state index in [0.717, 1.165) is 19.4 Å². The van der Waals surface area contributed by atoms with Gasteiger partial charge in [-0.25, -0.2) is 0 Å². The van der Waals surface area contributed by atoms with Gasteiger partial charge in [-0.05, 0) is 44.1 Å². The lowest BCUT2D eigenvalue weighted by Crippen LogP contribution is -2.49. The molecular formula is C16H30N4O. The summed E-state index contributed by atoms with van der Waals surface area (Å²) >= 11 is 0. The zero-order valence-electron chi connectivity index (χ0n) is 13.4. The zero-order valence-corrected chi connectivity index (χ0v) is 13.4. The predicted molar refractivity (Wildman–Crippen MR) is 84.6 cm³/mol. The fourth-order valence-corrected chi connectivity index (χ4v) is 3.50. The molecule has 5 heteroatoms. The Morgan fingerprint density at radius 3 is 2.76 bits per heavy atom. The standard InChI is InChI=1S/C16H30N4O/c1-3-21-16(14-7-5-4-6-8-14)15(19-17)10-9-13-11-18-20(2)12-13/h11-12,14-16,19H,3-10,17H2,1-2H3. The van der Waals surface area contributed by atoms with Crippen LogP contribution in [0.1, 0.15) is 51.0 Å². The van der Waals surface area contributed by atoms with Crippen LogP contribution in [0.25, 0.3) is 0 Å². The summed E-state index contributed by atoms with van der Waals surface area (Å²) < 4.78 is 7.91. The maximum absolute atomic E-state index is 6.06. The Kier molecular flexibility index (Phi) is 6.67. The molecule has 0 aromatic carbocycles. The minimum absolute atomic E-state index is 0.216. The van der Waals surface area contributed by atoms with Crippen LogP contribution in [0, 0.1) is 5.92 Å². The van der Waals surface area contributed by atoms with Gasteiger partial charge in [0.1, 0.15) is 0 Å². The van der Waals surface area contributed by atoms with Crippen LogP contribution in [0.2, 0.25) is 0 Å². The molecule has 1 aromatic heterocycles. The van der Waals surface area contributed by atoms with Gasteiger partial charge in [-0.2, -0.15) is 5.10 Å². The van der Waals surface area contributed by atoms with Crippen LogP contribution in [-0.4, -0.2) is 28.5 Å². The largest absolute Gasteiger partial charge is 0.377 e. The van der Waals surface area contributed by atoms with Gasteiger partial charge in [0, 0.05) is 25.9 Å². The van der Waals surface area contributed by atoms with Crippen molar-refractivity contribution in [2.75, 3.05) is 6.61 Å². The molecule has 0 aliphatic heterocycles. The number of rotatable bonds is 8. The van der Waals surface area contributed by atoms with Crippen LogP contribution in [0.4, 0.5) is 0 Å². The first kappa shape index (κ1) is 16.5. The smallest absolute Gasteiger partial charge is 0.0769 e. The van der Waals surface area contributed by atoms with Crippen molar-refractivity contribution < 1.29 is 4.74 Å². The van der Waals surface area contributed by atoms with E-state index in [4.69, 9.17) is 10.6 Å². The third kappa shape index (κ3) is 4.80. The van der Waals surface area contributed by atoms with Crippen molar-refractivity contribution in [2.45, 2.75) is 64.0 Å². The third-order valence-corrected chi connectivity index (χ3v) is 4.59. The second kappa shape index (κ2) is 8.51. The minimum Gasteiger partial charge on any atom is -0.377 e. The van der Waals surface area contributed by atoms with E-state index in [1.165, 1.54) is 37.7 Å². The molecule has 1 fully saturated rings. The molecule has 1 aliphatic rings. The number of aromatic nitrogens is 2. The molecule has 0 bridgehead atoms. The molecular weight excluding hydrogens is 264 g/mol. The lowest BCUT2D eigenvalue weighted by Gasteiger charge is -2.35. The van der Waals surface area contributed by atoms with Gasteiger partial charge in [0.25, 0.3) is 0 Å². The number of ether oxygens (including phenoxy) is 1. The average molecular weight is 294 g/mol. The van der Waals surface area contributed by atoms with Crippen molar-refractivity contribution in [3.8, 4) is 0 Å². The maximum Gasteiger partial charge on any atom is 0.0769 e. The van der Waals surface area contributed by atoms with Gasteiger partial charge >= 0.3 is 0 Å². The molecule has 21 heavy (non-hydrogen) atoms. The minimum atomic E-state index is 0.216. The van der Waals surface area contributed by atoms with Gasteiger partial charge in [0.05, 0.1) is 12.3 Å². The molecule has 1 aromatic rings. The Balaban J connectivity index is 1.93. The normalized spacial score (nSPS) is 19.6. The topological polar surface area (TPSA) is 65.1 Å². The molecule has 0 amide bonds. The first-order valence-corrected chi connectivity index (χ1v) is 8.29. The van der Waals surface area contributed by atoms with E-state index < -0.39 is 0 Å². The second-order valence-electron chi connectivity index (χ2n) is 6.15. The van der Waals surface area contributed by atoms with Gasteiger partial charge in [-0.3, -0.25) is 16.0 Å². The Morgan fingerprint density at radius 1 is 1.43 bits per heavy atom. The summed E-state index contributed by atoms with van der Waals surface area (Å²) in [5.41, 5.74) is 4.27. The van der Waals surface area contributed by atoms with E-state index in [0.29, 0.717) is 5.92 Å². The van der Waals surface area contributed by atoms with Crippen LogP contribution in [0.15, 0.2) is 12.4 Å². The molecule has 5 nitrogen and oxygen atoms in total. The van der Waals surface area contributed by atoms with Crippen molar-refractivity contribution in [1.29, 1.82) is 0 Å². The maximum atomic E-state index is 6.06. The van der Waals surface area contributed by atoms with E-state index in [-0.39, 0.29) is 12.1 Å². The highest BCUT2D eigenvalue weighted by Crippen LogP contribution is 2.30. The predicted octanol–water partition coefficient (Wildman–Crippen LogP) is 2.17. The fourth-order valence-electron chi connectivity index (χ4n) is 3.50. The molecule has 0 radical (unpaired) electrons. The van der Waals surface area contributed by atoms with Crippen molar-refractivity contribution >= 4 is 0 Å². The first-order chi connectivity index (χ1) is 10.2. The van der Waals surface area contributed by atoms with Gasteiger partial charge < -0.3 is 4.74 Å². The van der Waals surface area contributed by atoms with Crippen LogP contribution in [0.5, 0.6) is 0 Å². The van der Waals surface area contributed by atoms with E-state index in [9.17, 15) is 0 Å². The Morgan fingerprint density at radius 2 is 2.19 bits per heavy atom. The molecule has 1 aliphatic carbocycles.